The fraction of sp³-hybridized carbons (Fsp3) is 0.300. The van der Waals surface area contributed by atoms with Gasteiger partial charge in [-0.1, -0.05) is 12.1 Å². The van der Waals surface area contributed by atoms with Gasteiger partial charge in [-0.05, 0) is 30.5 Å². The number of piperidine rings is 1. The van der Waals surface area contributed by atoms with E-state index < -0.39 is 34.7 Å². The van der Waals surface area contributed by atoms with Crippen LogP contribution in [-0.2, 0) is 6.54 Å². The van der Waals surface area contributed by atoms with Gasteiger partial charge in [0.15, 0.2) is 5.78 Å². The van der Waals surface area contributed by atoms with E-state index in [0.29, 0.717) is 50.2 Å². The normalized spacial score (nSPS) is 14.5. The van der Waals surface area contributed by atoms with Crippen molar-refractivity contribution in [3.63, 3.8) is 0 Å². The molecule has 8 heteroatoms. The zero-order valence-corrected chi connectivity index (χ0v) is 15.8. The Hall–Kier alpha value is -2.38. The second-order valence-electron chi connectivity index (χ2n) is 6.58. The predicted octanol–water partition coefficient (Wildman–Crippen LogP) is 3.72. The molecule has 1 saturated heterocycles. The van der Waals surface area contributed by atoms with Gasteiger partial charge in [-0.25, -0.2) is 13.2 Å². The van der Waals surface area contributed by atoms with Crippen LogP contribution in [0.2, 0.25) is 0 Å². The first-order valence-corrected chi connectivity index (χ1v) is 8.67. The molecule has 0 aromatic heterocycles. The van der Waals surface area contributed by atoms with E-state index in [1.165, 1.54) is 0 Å². The summed E-state index contributed by atoms with van der Waals surface area (Å²) in [5.74, 6) is -4.93. The summed E-state index contributed by atoms with van der Waals surface area (Å²) < 4.78 is 40.7. The zero-order valence-electron chi connectivity index (χ0n) is 15.0. The zero-order chi connectivity index (χ0) is 19.6. The van der Waals surface area contributed by atoms with Gasteiger partial charge >= 0.3 is 0 Å². The van der Waals surface area contributed by atoms with Crippen LogP contribution in [0.5, 0.6) is 0 Å². The third kappa shape index (κ3) is 4.54. The number of ketones is 1. The highest BCUT2D eigenvalue weighted by atomic mass is 35.5. The molecule has 0 bridgehead atoms. The summed E-state index contributed by atoms with van der Waals surface area (Å²) in [4.78, 5) is 26.6. The summed E-state index contributed by atoms with van der Waals surface area (Å²) in [6, 6.07) is 7.96. The Morgan fingerprint density at radius 1 is 1.00 bits per heavy atom. The number of Topliss-reactive ketones (excluding diaryl/α,β-unsaturated/α-hetero) is 1. The van der Waals surface area contributed by atoms with Crippen molar-refractivity contribution in [1.29, 1.82) is 0 Å². The number of benzene rings is 2. The van der Waals surface area contributed by atoms with Gasteiger partial charge in [-0.3, -0.25) is 9.59 Å². The van der Waals surface area contributed by atoms with E-state index in [0.717, 1.165) is 5.56 Å². The van der Waals surface area contributed by atoms with Crippen LogP contribution in [0.3, 0.4) is 0 Å². The van der Waals surface area contributed by atoms with Crippen molar-refractivity contribution >= 4 is 24.1 Å². The molecule has 150 valence electrons. The van der Waals surface area contributed by atoms with Crippen molar-refractivity contribution in [2.75, 3.05) is 13.1 Å². The highest BCUT2D eigenvalue weighted by Gasteiger charge is 2.31. The summed E-state index contributed by atoms with van der Waals surface area (Å²) in [6.07, 6.45) is 0.587. The predicted molar refractivity (Wildman–Crippen MR) is 101 cm³/mol. The lowest BCUT2D eigenvalue weighted by Crippen LogP contribution is -2.40. The average Bonchev–Trinajstić information content (AvgIpc) is 2.66. The molecule has 0 spiro atoms. The van der Waals surface area contributed by atoms with E-state index in [2.05, 4.69) is 0 Å². The van der Waals surface area contributed by atoms with E-state index in [1.54, 1.807) is 29.2 Å². The van der Waals surface area contributed by atoms with Crippen molar-refractivity contribution < 1.29 is 22.8 Å². The summed E-state index contributed by atoms with van der Waals surface area (Å²) in [6.45, 7) is 0.995. The number of hydrogen-bond donors (Lipinski definition) is 1. The lowest BCUT2D eigenvalue weighted by Gasteiger charge is -2.31. The fourth-order valence-electron chi connectivity index (χ4n) is 3.29. The maximum absolute atomic E-state index is 13.8. The second-order valence-corrected chi connectivity index (χ2v) is 6.58. The smallest absolute Gasteiger partial charge is 0.253 e. The van der Waals surface area contributed by atoms with Gasteiger partial charge in [0.1, 0.15) is 17.5 Å². The van der Waals surface area contributed by atoms with Crippen LogP contribution in [0.25, 0.3) is 0 Å². The number of carbonyl (C=O) groups is 2. The third-order valence-electron chi connectivity index (χ3n) is 4.84. The molecule has 4 nitrogen and oxygen atoms in total. The lowest BCUT2D eigenvalue weighted by molar-refractivity contribution is 0.0647. The number of nitrogens with two attached hydrogens (primary N) is 1. The highest BCUT2D eigenvalue weighted by molar-refractivity contribution is 5.99. The first kappa shape index (κ1) is 21.9. The van der Waals surface area contributed by atoms with Crippen LogP contribution in [0, 0.1) is 23.4 Å². The molecule has 0 aliphatic carbocycles. The molecule has 1 aliphatic rings. The fourth-order valence-corrected chi connectivity index (χ4v) is 3.29. The van der Waals surface area contributed by atoms with Crippen LogP contribution in [-0.4, -0.2) is 29.7 Å². The highest BCUT2D eigenvalue weighted by Crippen LogP contribution is 2.26. The van der Waals surface area contributed by atoms with E-state index in [4.69, 9.17) is 5.73 Å². The average molecular weight is 413 g/mol. The van der Waals surface area contributed by atoms with Crippen LogP contribution in [0.15, 0.2) is 36.4 Å². The topological polar surface area (TPSA) is 63.4 Å². The number of amides is 1. The minimum absolute atomic E-state index is 0. The molecule has 28 heavy (non-hydrogen) atoms. The largest absolute Gasteiger partial charge is 0.339 e. The van der Waals surface area contributed by atoms with Crippen molar-refractivity contribution in [2.24, 2.45) is 11.7 Å². The summed E-state index contributed by atoms with van der Waals surface area (Å²) in [5.41, 5.74) is 6.27. The van der Waals surface area contributed by atoms with Gasteiger partial charge in [0.25, 0.3) is 5.91 Å². The number of likely N-dealkylation sites (tertiary alicyclic amines) is 1. The Morgan fingerprint density at radius 2 is 1.54 bits per heavy atom. The second kappa shape index (κ2) is 9.21. The van der Waals surface area contributed by atoms with E-state index in [1.807, 2.05) is 0 Å². The Kier molecular flexibility index (Phi) is 7.21. The number of nitrogens with zero attached hydrogens (tertiary/aromatic N) is 1. The Bertz CT molecular complexity index is 843. The monoisotopic (exact) mass is 412 g/mol. The van der Waals surface area contributed by atoms with E-state index in [-0.39, 0.29) is 18.3 Å². The molecule has 0 radical (unpaired) electrons. The molecule has 1 amide bonds. The molecular formula is C20H20ClF3N2O2. The van der Waals surface area contributed by atoms with Gasteiger partial charge in [0.05, 0.1) is 5.56 Å². The summed E-state index contributed by atoms with van der Waals surface area (Å²) >= 11 is 0. The first-order chi connectivity index (χ1) is 12.9. The lowest BCUT2D eigenvalue weighted by atomic mass is 9.88. The molecule has 0 saturated carbocycles. The van der Waals surface area contributed by atoms with E-state index >= 15 is 0 Å². The number of carbonyl (C=O) groups excluding carboxylic acids is 2. The van der Waals surface area contributed by atoms with Gasteiger partial charge in [0, 0.05) is 43.2 Å². The molecule has 0 atom stereocenters. The number of halogens is 4. The van der Waals surface area contributed by atoms with Crippen molar-refractivity contribution in [3.8, 4) is 0 Å². The number of hydrogen-bond acceptors (Lipinski definition) is 3. The molecule has 0 unspecified atom stereocenters. The molecule has 2 N–H and O–H groups in total. The molecule has 1 heterocycles. The van der Waals surface area contributed by atoms with Gasteiger partial charge in [0.2, 0.25) is 0 Å². The number of rotatable bonds is 4. The van der Waals surface area contributed by atoms with Gasteiger partial charge in [-0.2, -0.15) is 0 Å². The molecule has 2 aromatic rings. The quantitative estimate of drug-likeness (QED) is 0.778. The van der Waals surface area contributed by atoms with E-state index in [9.17, 15) is 22.8 Å². The van der Waals surface area contributed by atoms with Crippen molar-refractivity contribution in [3.05, 3.63) is 70.5 Å². The molecule has 3 rings (SSSR count). The van der Waals surface area contributed by atoms with Crippen molar-refractivity contribution in [1.82, 2.24) is 4.90 Å². The van der Waals surface area contributed by atoms with Crippen LogP contribution < -0.4 is 5.73 Å². The Labute approximate surface area is 166 Å². The van der Waals surface area contributed by atoms with Crippen LogP contribution in [0.1, 0.15) is 39.1 Å². The Balaban J connectivity index is 0.00000280. The van der Waals surface area contributed by atoms with Crippen LogP contribution >= 0.6 is 12.4 Å². The maximum atomic E-state index is 13.8. The summed E-state index contributed by atoms with van der Waals surface area (Å²) in [7, 11) is 0. The summed E-state index contributed by atoms with van der Waals surface area (Å²) in [5, 5.41) is 0. The maximum Gasteiger partial charge on any atom is 0.253 e. The minimum atomic E-state index is -1.20. The molecule has 1 aliphatic heterocycles. The molecule has 2 aromatic carbocycles. The minimum Gasteiger partial charge on any atom is -0.339 e. The van der Waals surface area contributed by atoms with Gasteiger partial charge in [-0.15, -0.1) is 12.4 Å². The standard InChI is InChI=1S/C20H19F3N2O2.ClH/c21-15-9-16(22)18(17(23)10-15)19(26)13-5-7-25(8-6-13)20(27)14-3-1-12(11-24)2-4-14;/h1-4,9-10,13H,5-8,11,24H2;1H. The third-order valence-corrected chi connectivity index (χ3v) is 4.84. The van der Waals surface area contributed by atoms with Gasteiger partial charge < -0.3 is 10.6 Å². The van der Waals surface area contributed by atoms with Crippen LogP contribution in [0.4, 0.5) is 13.2 Å². The molecule has 1 fully saturated rings. The molecular weight excluding hydrogens is 393 g/mol. The SMILES string of the molecule is Cl.NCc1ccc(C(=O)N2CCC(C(=O)c3c(F)cc(F)cc3F)CC2)cc1. The van der Waals surface area contributed by atoms with Crippen molar-refractivity contribution in [2.45, 2.75) is 19.4 Å². The Morgan fingerprint density at radius 3 is 2.04 bits per heavy atom. The first-order valence-electron chi connectivity index (χ1n) is 8.67.